The molecular formula is C26H33N3O5. The van der Waals surface area contributed by atoms with Gasteiger partial charge < -0.3 is 30.2 Å². The number of piperazine rings is 1. The maximum absolute atomic E-state index is 13.2. The van der Waals surface area contributed by atoms with E-state index in [1.54, 1.807) is 24.8 Å². The van der Waals surface area contributed by atoms with Gasteiger partial charge in [0.1, 0.15) is 35.6 Å². The predicted octanol–water partition coefficient (Wildman–Crippen LogP) is 2.23. The zero-order valence-corrected chi connectivity index (χ0v) is 20.1. The highest BCUT2D eigenvalue weighted by Crippen LogP contribution is 2.45. The third-order valence-electron chi connectivity index (χ3n) is 7.78. The van der Waals surface area contributed by atoms with Gasteiger partial charge in [-0.2, -0.15) is 0 Å². The van der Waals surface area contributed by atoms with Crippen LogP contribution in [-0.4, -0.2) is 62.2 Å². The van der Waals surface area contributed by atoms with E-state index in [2.05, 4.69) is 16.9 Å². The molecule has 0 spiro atoms. The lowest BCUT2D eigenvalue weighted by molar-refractivity contribution is -0.146. The number of aromatic amines is 1. The van der Waals surface area contributed by atoms with Crippen molar-refractivity contribution >= 4 is 22.7 Å². The first-order chi connectivity index (χ1) is 16.0. The Bertz CT molecular complexity index is 1200. The Morgan fingerprint density at radius 2 is 2.03 bits per heavy atom. The summed E-state index contributed by atoms with van der Waals surface area (Å²) in [6.45, 7) is 12.1. The van der Waals surface area contributed by atoms with Gasteiger partial charge in [-0.3, -0.25) is 9.59 Å². The lowest BCUT2D eigenvalue weighted by Crippen LogP contribution is -2.61. The van der Waals surface area contributed by atoms with Crippen LogP contribution in [0.15, 0.2) is 24.8 Å². The molecule has 2 fully saturated rings. The Labute approximate surface area is 199 Å². The van der Waals surface area contributed by atoms with Crippen molar-refractivity contribution in [2.24, 2.45) is 0 Å². The highest BCUT2D eigenvalue weighted by molar-refractivity contribution is 5.98. The first-order valence-electron chi connectivity index (χ1n) is 11.9. The molecule has 0 bridgehead atoms. The number of allylic oxidation sites excluding steroid dienone is 1. The molecule has 0 saturated carbocycles. The van der Waals surface area contributed by atoms with E-state index in [1.165, 1.54) is 0 Å². The minimum absolute atomic E-state index is 0.0580. The van der Waals surface area contributed by atoms with Crippen molar-refractivity contribution in [3.05, 3.63) is 41.6 Å². The van der Waals surface area contributed by atoms with Crippen molar-refractivity contribution in [1.82, 2.24) is 15.2 Å². The van der Waals surface area contributed by atoms with Crippen LogP contribution in [0.25, 0.3) is 10.9 Å². The Morgan fingerprint density at radius 1 is 1.29 bits per heavy atom. The second-order valence-electron chi connectivity index (χ2n) is 10.9. The van der Waals surface area contributed by atoms with Gasteiger partial charge in [0.05, 0.1) is 5.52 Å². The van der Waals surface area contributed by atoms with E-state index in [1.807, 2.05) is 26.0 Å². The fourth-order valence-corrected chi connectivity index (χ4v) is 5.63. The number of aromatic nitrogens is 1. The van der Waals surface area contributed by atoms with Crippen molar-refractivity contribution < 1.29 is 24.5 Å². The number of H-pyrrole nitrogens is 1. The third-order valence-corrected chi connectivity index (χ3v) is 7.78. The predicted molar refractivity (Wildman–Crippen MR) is 128 cm³/mol. The number of rotatable bonds is 4. The van der Waals surface area contributed by atoms with Crippen LogP contribution in [0, 0.1) is 0 Å². The Hall–Kier alpha value is -2.84. The normalized spacial score (nSPS) is 28.4. The van der Waals surface area contributed by atoms with Crippen molar-refractivity contribution in [3.63, 3.8) is 0 Å². The molecule has 182 valence electrons. The van der Waals surface area contributed by atoms with Gasteiger partial charge in [-0.25, -0.2) is 0 Å². The molecule has 4 N–H and O–H groups in total. The van der Waals surface area contributed by atoms with Gasteiger partial charge in [0.2, 0.25) is 11.8 Å². The third kappa shape index (κ3) is 3.26. The molecule has 0 radical (unpaired) electrons. The molecule has 2 saturated heterocycles. The van der Waals surface area contributed by atoms with Crippen LogP contribution < -0.4 is 10.1 Å². The van der Waals surface area contributed by atoms with E-state index in [4.69, 9.17) is 4.74 Å². The van der Waals surface area contributed by atoms with Crippen LogP contribution in [0.4, 0.5) is 0 Å². The van der Waals surface area contributed by atoms with Crippen molar-refractivity contribution in [1.29, 1.82) is 0 Å². The van der Waals surface area contributed by atoms with Crippen LogP contribution in [0.2, 0.25) is 0 Å². The molecule has 3 aliphatic heterocycles. The Balaban J connectivity index is 1.64. The summed E-state index contributed by atoms with van der Waals surface area (Å²) in [6, 6.07) is 2.69. The number of amides is 2. The molecule has 8 heteroatoms. The molecule has 34 heavy (non-hydrogen) atoms. The van der Waals surface area contributed by atoms with E-state index in [0.29, 0.717) is 36.2 Å². The number of aliphatic hydroxyl groups excluding tert-OH is 2. The zero-order valence-electron chi connectivity index (χ0n) is 20.1. The van der Waals surface area contributed by atoms with Crippen LogP contribution in [-0.2, 0) is 21.4 Å². The number of carbonyl (C=O) groups is 2. The summed E-state index contributed by atoms with van der Waals surface area (Å²) >= 11 is 0. The average molecular weight is 468 g/mol. The van der Waals surface area contributed by atoms with E-state index in [0.717, 1.165) is 23.1 Å². The SMILES string of the molecule is C=CC(C)(C)c1[nH]c2c3c(ccc2c1C[C@@H]1NC(=O)[C@@H]2CCCN2C1=O)OC(C)(C)[C@H](O)[C@H]3O. The maximum Gasteiger partial charge on any atom is 0.246 e. The number of hydrogen-bond donors (Lipinski definition) is 4. The van der Waals surface area contributed by atoms with Gasteiger partial charge >= 0.3 is 0 Å². The minimum atomic E-state index is -1.14. The quantitative estimate of drug-likeness (QED) is 0.515. The number of carbonyl (C=O) groups excluding carboxylic acids is 2. The summed E-state index contributed by atoms with van der Waals surface area (Å²) in [5, 5.41) is 25.5. The van der Waals surface area contributed by atoms with Gasteiger partial charge in [-0.15, -0.1) is 6.58 Å². The summed E-state index contributed by atoms with van der Waals surface area (Å²) in [5.74, 6) is 0.350. The lowest BCUT2D eigenvalue weighted by atomic mass is 9.84. The molecule has 1 aromatic heterocycles. The molecule has 1 aromatic carbocycles. The lowest BCUT2D eigenvalue weighted by Gasteiger charge is -2.40. The minimum Gasteiger partial charge on any atom is -0.485 e. The fraction of sp³-hybridized carbons (Fsp3) is 0.538. The first-order valence-corrected chi connectivity index (χ1v) is 11.9. The molecule has 2 aromatic rings. The Kier molecular flexibility index (Phi) is 5.11. The standard InChI is InChI=1S/C26H33N3O5/c1-6-25(2,3)21-14(12-15-24(33)29-11-7-8-16(29)23(32)27-15)13-9-10-17-18(19(13)28-21)20(30)22(31)26(4,5)34-17/h6,9-10,15-16,20,22,28,30-31H,1,7-8,11-12H2,2-5H3,(H,27,32)/t15-,16-,20-,22+/m0/s1. The van der Waals surface area contributed by atoms with Gasteiger partial charge in [0.15, 0.2) is 0 Å². The van der Waals surface area contributed by atoms with Crippen LogP contribution in [0.1, 0.15) is 63.5 Å². The summed E-state index contributed by atoms with van der Waals surface area (Å²) in [7, 11) is 0. The first kappa shape index (κ1) is 22.9. The fourth-order valence-electron chi connectivity index (χ4n) is 5.63. The van der Waals surface area contributed by atoms with Crippen LogP contribution in [0.5, 0.6) is 5.75 Å². The van der Waals surface area contributed by atoms with E-state index in [-0.39, 0.29) is 17.9 Å². The molecular weight excluding hydrogens is 434 g/mol. The number of nitrogens with zero attached hydrogens (tertiary/aromatic N) is 1. The molecule has 8 nitrogen and oxygen atoms in total. The Morgan fingerprint density at radius 3 is 2.74 bits per heavy atom. The molecule has 3 aliphatic rings. The summed E-state index contributed by atoms with van der Waals surface area (Å²) in [5.41, 5.74) is 1.47. The molecule has 0 unspecified atom stereocenters. The average Bonchev–Trinajstić information content (AvgIpc) is 3.41. The van der Waals surface area contributed by atoms with Gasteiger partial charge in [0.25, 0.3) is 0 Å². The number of hydrogen-bond acceptors (Lipinski definition) is 5. The molecule has 5 rings (SSSR count). The summed E-state index contributed by atoms with van der Waals surface area (Å²) in [6.07, 6.45) is 1.42. The number of nitrogens with one attached hydrogen (secondary N) is 2. The second kappa shape index (κ2) is 7.58. The number of fused-ring (bicyclic) bond motifs is 4. The number of aliphatic hydroxyl groups is 2. The van der Waals surface area contributed by atoms with Crippen LogP contribution >= 0.6 is 0 Å². The summed E-state index contributed by atoms with van der Waals surface area (Å²) in [4.78, 5) is 31.1. The highest BCUT2D eigenvalue weighted by atomic mass is 16.5. The van der Waals surface area contributed by atoms with E-state index < -0.39 is 29.3 Å². The van der Waals surface area contributed by atoms with Crippen molar-refractivity contribution in [3.8, 4) is 5.75 Å². The number of benzene rings is 1. The van der Waals surface area contributed by atoms with E-state index in [9.17, 15) is 19.8 Å². The second-order valence-corrected chi connectivity index (χ2v) is 10.9. The molecule has 0 aliphatic carbocycles. The van der Waals surface area contributed by atoms with Gasteiger partial charge in [0, 0.05) is 35.0 Å². The zero-order chi connectivity index (χ0) is 24.6. The highest BCUT2D eigenvalue weighted by Gasteiger charge is 2.45. The smallest absolute Gasteiger partial charge is 0.246 e. The van der Waals surface area contributed by atoms with E-state index >= 15 is 0 Å². The largest absolute Gasteiger partial charge is 0.485 e. The monoisotopic (exact) mass is 467 g/mol. The topological polar surface area (TPSA) is 115 Å². The van der Waals surface area contributed by atoms with Crippen molar-refractivity contribution in [2.45, 2.75) is 82.3 Å². The molecule has 4 atom stereocenters. The maximum atomic E-state index is 13.2. The molecule has 4 heterocycles. The molecule has 2 amide bonds. The summed E-state index contributed by atoms with van der Waals surface area (Å²) < 4.78 is 6.03. The number of ether oxygens (including phenoxy) is 1. The van der Waals surface area contributed by atoms with Crippen molar-refractivity contribution in [2.75, 3.05) is 6.54 Å². The van der Waals surface area contributed by atoms with Gasteiger partial charge in [-0.05, 0) is 44.4 Å². The van der Waals surface area contributed by atoms with Crippen LogP contribution in [0.3, 0.4) is 0 Å². The van der Waals surface area contributed by atoms with Gasteiger partial charge in [-0.1, -0.05) is 19.9 Å².